The molecule has 0 saturated heterocycles. The van der Waals surface area contributed by atoms with Crippen molar-refractivity contribution in [2.24, 2.45) is 0 Å². The minimum absolute atomic E-state index is 0.0325. The van der Waals surface area contributed by atoms with Gasteiger partial charge < -0.3 is 5.73 Å². The molecular weight excluding hydrogens is 222 g/mol. The second-order valence-corrected chi connectivity index (χ2v) is 4.54. The van der Waals surface area contributed by atoms with Crippen molar-refractivity contribution in [1.29, 1.82) is 0 Å². The fraction of sp³-hybridized carbons (Fsp3) is 0.143. The maximum Gasteiger partial charge on any atom is 0.270 e. The molecule has 3 N–H and O–H groups in total. The molecule has 1 aromatic carbocycles. The molecule has 0 bridgehead atoms. The Balaban J connectivity index is 3.42. The topological polar surface area (TPSA) is 115 Å². The predicted octanol–water partition coefficient (Wildman–Crippen LogP) is 0.0851. The molecule has 0 radical (unpaired) electrons. The molecule has 8 heteroatoms. The number of nitrogens with one attached hydrogen (secondary N) is 1. The van der Waals surface area contributed by atoms with E-state index in [1.54, 1.807) is 0 Å². The van der Waals surface area contributed by atoms with Crippen molar-refractivity contribution in [3.8, 4) is 0 Å². The predicted molar refractivity (Wildman–Crippen MR) is 53.8 cm³/mol. The van der Waals surface area contributed by atoms with E-state index in [0.29, 0.717) is 0 Å². The highest BCUT2D eigenvalue weighted by Gasteiger charge is 2.19. The van der Waals surface area contributed by atoms with Crippen LogP contribution in [-0.2, 0) is 10.0 Å². The highest BCUT2D eigenvalue weighted by atomic mass is 32.2. The van der Waals surface area contributed by atoms with Crippen LogP contribution in [0.5, 0.6) is 0 Å². The average molecular weight is 231 g/mol. The van der Waals surface area contributed by atoms with E-state index in [1.807, 2.05) is 4.72 Å². The number of hydrogen-bond acceptors (Lipinski definition) is 5. The number of non-ortho nitro benzene ring substituents is 1. The summed E-state index contributed by atoms with van der Waals surface area (Å²) in [5.41, 5.74) is 5.06. The zero-order chi connectivity index (χ0) is 11.6. The summed E-state index contributed by atoms with van der Waals surface area (Å²) >= 11 is 0. The van der Waals surface area contributed by atoms with E-state index in [2.05, 4.69) is 0 Å². The van der Waals surface area contributed by atoms with Gasteiger partial charge in [-0.25, -0.2) is 13.1 Å². The van der Waals surface area contributed by atoms with Crippen molar-refractivity contribution < 1.29 is 13.3 Å². The van der Waals surface area contributed by atoms with Crippen molar-refractivity contribution >= 4 is 21.4 Å². The monoisotopic (exact) mass is 231 g/mol. The smallest absolute Gasteiger partial charge is 0.270 e. The largest absolute Gasteiger partial charge is 0.398 e. The number of anilines is 1. The van der Waals surface area contributed by atoms with E-state index >= 15 is 0 Å². The van der Waals surface area contributed by atoms with Gasteiger partial charge in [0.15, 0.2) is 0 Å². The molecular formula is C7H9N3O4S. The summed E-state index contributed by atoms with van der Waals surface area (Å²) < 4.78 is 24.8. The van der Waals surface area contributed by atoms with Gasteiger partial charge in [0.1, 0.15) is 4.90 Å². The fourth-order valence-corrected chi connectivity index (χ4v) is 1.85. The summed E-state index contributed by atoms with van der Waals surface area (Å²) in [7, 11) is -2.56. The van der Waals surface area contributed by atoms with E-state index in [0.717, 1.165) is 12.1 Å². The molecule has 0 aromatic heterocycles. The molecule has 15 heavy (non-hydrogen) atoms. The Labute approximate surface area is 86.1 Å². The third-order valence-electron chi connectivity index (χ3n) is 1.77. The second kappa shape index (κ2) is 3.83. The van der Waals surface area contributed by atoms with E-state index in [-0.39, 0.29) is 16.3 Å². The van der Waals surface area contributed by atoms with Gasteiger partial charge in [0, 0.05) is 12.1 Å². The molecule has 0 unspecified atom stereocenters. The Bertz CT molecular complexity index is 497. The van der Waals surface area contributed by atoms with Crippen molar-refractivity contribution in [1.82, 2.24) is 4.72 Å². The molecule has 0 amide bonds. The van der Waals surface area contributed by atoms with Crippen molar-refractivity contribution in [2.75, 3.05) is 12.8 Å². The number of nitrogens with two attached hydrogens (primary N) is 1. The van der Waals surface area contributed by atoms with E-state index in [1.165, 1.54) is 13.1 Å². The minimum Gasteiger partial charge on any atom is -0.398 e. The van der Waals surface area contributed by atoms with Gasteiger partial charge >= 0.3 is 0 Å². The lowest BCUT2D eigenvalue weighted by Crippen LogP contribution is -2.20. The van der Waals surface area contributed by atoms with E-state index in [4.69, 9.17) is 5.73 Å². The number of nitrogen functional groups attached to an aromatic ring is 1. The number of rotatable bonds is 3. The first-order chi connectivity index (χ1) is 6.88. The SMILES string of the molecule is CNS(=O)(=O)c1cc([N+](=O)[O-])ccc1N. The Hall–Kier alpha value is -1.67. The first kappa shape index (κ1) is 11.4. The van der Waals surface area contributed by atoms with Crippen LogP contribution in [0.15, 0.2) is 23.1 Å². The first-order valence-corrected chi connectivity index (χ1v) is 5.34. The Morgan fingerprint density at radius 1 is 1.47 bits per heavy atom. The van der Waals surface area contributed by atoms with Gasteiger partial charge in [-0.1, -0.05) is 0 Å². The summed E-state index contributed by atoms with van der Waals surface area (Å²) in [5.74, 6) is 0. The Kier molecular flexibility index (Phi) is 2.91. The molecule has 0 saturated carbocycles. The standard InChI is InChI=1S/C7H9N3O4S/c1-9-15(13,14)7-4-5(10(11)12)2-3-6(7)8/h2-4,9H,8H2,1H3. The van der Waals surface area contributed by atoms with Crippen molar-refractivity contribution in [2.45, 2.75) is 4.90 Å². The maximum atomic E-state index is 11.4. The molecule has 1 rings (SSSR count). The summed E-state index contributed by atoms with van der Waals surface area (Å²) in [5, 5.41) is 10.4. The van der Waals surface area contributed by atoms with Crippen LogP contribution in [0, 0.1) is 10.1 Å². The van der Waals surface area contributed by atoms with Crippen LogP contribution >= 0.6 is 0 Å². The molecule has 0 fully saturated rings. The van der Waals surface area contributed by atoms with Crippen LogP contribution in [0.3, 0.4) is 0 Å². The zero-order valence-corrected chi connectivity index (χ0v) is 8.61. The van der Waals surface area contributed by atoms with Gasteiger partial charge in [0.2, 0.25) is 10.0 Å². The summed E-state index contributed by atoms with van der Waals surface area (Å²) in [6, 6.07) is 3.24. The number of benzene rings is 1. The molecule has 0 heterocycles. The molecule has 0 spiro atoms. The summed E-state index contributed by atoms with van der Waals surface area (Å²) in [6.07, 6.45) is 0. The van der Waals surface area contributed by atoms with Gasteiger partial charge in [-0.05, 0) is 13.1 Å². The van der Waals surface area contributed by atoms with Crippen LogP contribution in [0.25, 0.3) is 0 Å². The molecule has 0 atom stereocenters. The van der Waals surface area contributed by atoms with Crippen LogP contribution in [-0.4, -0.2) is 20.4 Å². The number of nitro groups is 1. The lowest BCUT2D eigenvalue weighted by Gasteiger charge is -2.05. The highest BCUT2D eigenvalue weighted by molar-refractivity contribution is 7.89. The van der Waals surface area contributed by atoms with E-state index in [9.17, 15) is 18.5 Å². The highest BCUT2D eigenvalue weighted by Crippen LogP contribution is 2.23. The lowest BCUT2D eigenvalue weighted by atomic mass is 10.3. The summed E-state index contributed by atoms with van der Waals surface area (Å²) in [6.45, 7) is 0. The van der Waals surface area contributed by atoms with Crippen molar-refractivity contribution in [3.63, 3.8) is 0 Å². The Morgan fingerprint density at radius 2 is 2.07 bits per heavy atom. The number of nitro benzene ring substituents is 1. The van der Waals surface area contributed by atoms with Crippen LogP contribution in [0.4, 0.5) is 11.4 Å². The van der Waals surface area contributed by atoms with Gasteiger partial charge in [-0.2, -0.15) is 0 Å². The van der Waals surface area contributed by atoms with Crippen LogP contribution in [0.1, 0.15) is 0 Å². The number of nitrogens with zero attached hydrogens (tertiary/aromatic N) is 1. The molecule has 1 aromatic rings. The number of hydrogen-bond donors (Lipinski definition) is 2. The van der Waals surface area contributed by atoms with Crippen LogP contribution in [0.2, 0.25) is 0 Å². The third kappa shape index (κ3) is 2.22. The summed E-state index contributed by atoms with van der Waals surface area (Å²) in [4.78, 5) is 9.45. The normalized spacial score (nSPS) is 11.3. The molecule has 0 aliphatic rings. The second-order valence-electron chi connectivity index (χ2n) is 2.69. The third-order valence-corrected chi connectivity index (χ3v) is 3.24. The zero-order valence-electron chi connectivity index (χ0n) is 7.80. The van der Waals surface area contributed by atoms with Gasteiger partial charge in [0.25, 0.3) is 5.69 Å². The van der Waals surface area contributed by atoms with Crippen LogP contribution < -0.4 is 10.5 Å². The van der Waals surface area contributed by atoms with Gasteiger partial charge in [-0.3, -0.25) is 10.1 Å². The maximum absolute atomic E-state index is 11.4. The quantitative estimate of drug-likeness (QED) is 0.434. The van der Waals surface area contributed by atoms with E-state index < -0.39 is 14.9 Å². The Morgan fingerprint density at radius 3 is 2.53 bits per heavy atom. The lowest BCUT2D eigenvalue weighted by molar-refractivity contribution is -0.385. The molecule has 82 valence electrons. The fourth-order valence-electron chi connectivity index (χ4n) is 0.979. The van der Waals surface area contributed by atoms with Crippen molar-refractivity contribution in [3.05, 3.63) is 28.3 Å². The van der Waals surface area contributed by atoms with Gasteiger partial charge in [0.05, 0.1) is 10.6 Å². The minimum atomic E-state index is -3.76. The molecule has 0 aliphatic heterocycles. The molecule has 0 aliphatic carbocycles. The van der Waals surface area contributed by atoms with Gasteiger partial charge in [-0.15, -0.1) is 0 Å². The average Bonchev–Trinajstić information content (AvgIpc) is 2.17. The first-order valence-electron chi connectivity index (χ1n) is 3.86. The number of sulfonamides is 1. The molecule has 7 nitrogen and oxygen atoms in total.